The van der Waals surface area contributed by atoms with Gasteiger partial charge in [-0.05, 0) is 48.9 Å². The summed E-state index contributed by atoms with van der Waals surface area (Å²) < 4.78 is 5.22. The Morgan fingerprint density at radius 2 is 1.90 bits per heavy atom. The molecule has 0 bridgehead atoms. The van der Waals surface area contributed by atoms with Crippen LogP contribution >= 0.6 is 11.6 Å². The molecular formula is C16H16ClNO3. The van der Waals surface area contributed by atoms with E-state index in [1.165, 1.54) is 7.11 Å². The summed E-state index contributed by atoms with van der Waals surface area (Å²) in [6.45, 7) is 1.66. The van der Waals surface area contributed by atoms with Crippen LogP contribution < -0.4 is 10.1 Å². The number of nitrogens with one attached hydrogen (secondary N) is 1. The lowest BCUT2D eigenvalue weighted by Gasteiger charge is -2.13. The van der Waals surface area contributed by atoms with Crippen LogP contribution in [0.3, 0.4) is 0 Å². The molecule has 1 amide bonds. The highest BCUT2D eigenvalue weighted by Gasteiger charge is 2.12. The van der Waals surface area contributed by atoms with Crippen molar-refractivity contribution in [2.24, 2.45) is 0 Å². The van der Waals surface area contributed by atoms with E-state index >= 15 is 0 Å². The minimum absolute atomic E-state index is 0.271. The van der Waals surface area contributed by atoms with Gasteiger partial charge in [0, 0.05) is 10.6 Å². The summed E-state index contributed by atoms with van der Waals surface area (Å²) in [6, 6.07) is 11.7. The van der Waals surface area contributed by atoms with E-state index in [1.807, 2.05) is 0 Å². The van der Waals surface area contributed by atoms with E-state index in [2.05, 4.69) is 5.32 Å². The minimum Gasteiger partial charge on any atom is -0.495 e. The van der Waals surface area contributed by atoms with Crippen LogP contribution in [0.25, 0.3) is 0 Å². The molecule has 2 rings (SSSR count). The Balaban J connectivity index is 2.27. The maximum Gasteiger partial charge on any atom is 0.255 e. The van der Waals surface area contributed by atoms with Gasteiger partial charge in [0.2, 0.25) is 0 Å². The van der Waals surface area contributed by atoms with Crippen LogP contribution in [0, 0.1) is 0 Å². The summed E-state index contributed by atoms with van der Waals surface area (Å²) in [5.41, 5.74) is 1.70. The number of aliphatic hydroxyl groups excluding tert-OH is 1. The zero-order valence-electron chi connectivity index (χ0n) is 11.8. The van der Waals surface area contributed by atoms with E-state index in [0.29, 0.717) is 27.6 Å². The van der Waals surface area contributed by atoms with E-state index in [4.69, 9.17) is 16.3 Å². The Kier molecular flexibility index (Phi) is 4.83. The van der Waals surface area contributed by atoms with E-state index in [-0.39, 0.29) is 5.91 Å². The van der Waals surface area contributed by atoms with Gasteiger partial charge in [-0.25, -0.2) is 0 Å². The molecule has 0 saturated heterocycles. The standard InChI is InChI=1S/C16H16ClNO3/c1-10(19)12-5-8-15(21-2)14(9-12)18-16(20)11-3-6-13(17)7-4-11/h3-10,19H,1-2H3,(H,18,20)/t10-/m0/s1. The highest BCUT2D eigenvalue weighted by atomic mass is 35.5. The second-order valence-corrected chi connectivity index (χ2v) is 5.03. The molecule has 0 unspecified atom stereocenters. The summed E-state index contributed by atoms with van der Waals surface area (Å²) >= 11 is 5.80. The van der Waals surface area contributed by atoms with Crippen molar-refractivity contribution in [3.8, 4) is 5.75 Å². The van der Waals surface area contributed by atoms with Gasteiger partial charge in [0.25, 0.3) is 5.91 Å². The lowest BCUT2D eigenvalue weighted by atomic mass is 10.1. The van der Waals surface area contributed by atoms with Crippen molar-refractivity contribution in [1.29, 1.82) is 0 Å². The third-order valence-corrected chi connectivity index (χ3v) is 3.31. The summed E-state index contributed by atoms with van der Waals surface area (Å²) in [6.07, 6.45) is -0.623. The van der Waals surface area contributed by atoms with Crippen molar-refractivity contribution in [2.75, 3.05) is 12.4 Å². The van der Waals surface area contributed by atoms with Crippen LogP contribution in [0.2, 0.25) is 5.02 Å². The average Bonchev–Trinajstić information content (AvgIpc) is 2.47. The first-order chi connectivity index (χ1) is 10.0. The normalized spacial score (nSPS) is 11.8. The molecular weight excluding hydrogens is 290 g/mol. The number of carbonyl (C=O) groups excluding carboxylic acids is 1. The average molecular weight is 306 g/mol. The van der Waals surface area contributed by atoms with E-state index < -0.39 is 6.10 Å². The van der Waals surface area contributed by atoms with E-state index in [1.54, 1.807) is 49.4 Å². The Bertz CT molecular complexity index is 638. The number of benzene rings is 2. The van der Waals surface area contributed by atoms with Gasteiger partial charge in [-0.1, -0.05) is 17.7 Å². The zero-order valence-corrected chi connectivity index (χ0v) is 12.5. The lowest BCUT2D eigenvalue weighted by Crippen LogP contribution is -2.13. The van der Waals surface area contributed by atoms with E-state index in [9.17, 15) is 9.90 Å². The Morgan fingerprint density at radius 1 is 1.24 bits per heavy atom. The van der Waals surface area contributed by atoms with Gasteiger partial charge in [-0.2, -0.15) is 0 Å². The molecule has 0 saturated carbocycles. The fourth-order valence-electron chi connectivity index (χ4n) is 1.88. The lowest BCUT2D eigenvalue weighted by molar-refractivity contribution is 0.102. The van der Waals surface area contributed by atoms with Gasteiger partial charge in [0.1, 0.15) is 5.75 Å². The maximum absolute atomic E-state index is 12.2. The molecule has 5 heteroatoms. The Morgan fingerprint density at radius 3 is 2.48 bits per heavy atom. The number of carbonyl (C=O) groups is 1. The predicted octanol–water partition coefficient (Wildman–Crippen LogP) is 3.65. The van der Waals surface area contributed by atoms with Gasteiger partial charge in [0.05, 0.1) is 18.9 Å². The highest BCUT2D eigenvalue weighted by molar-refractivity contribution is 6.30. The number of anilines is 1. The van der Waals surface area contributed by atoms with Crippen molar-refractivity contribution in [3.63, 3.8) is 0 Å². The van der Waals surface area contributed by atoms with Crippen LogP contribution in [0.15, 0.2) is 42.5 Å². The second kappa shape index (κ2) is 6.61. The molecule has 0 aliphatic rings. The highest BCUT2D eigenvalue weighted by Crippen LogP contribution is 2.28. The number of aliphatic hydroxyl groups is 1. The minimum atomic E-state index is -0.623. The number of ether oxygens (including phenoxy) is 1. The number of rotatable bonds is 4. The molecule has 2 N–H and O–H groups in total. The topological polar surface area (TPSA) is 58.6 Å². The largest absolute Gasteiger partial charge is 0.495 e. The third-order valence-electron chi connectivity index (χ3n) is 3.06. The monoisotopic (exact) mass is 305 g/mol. The Labute approximate surface area is 128 Å². The molecule has 4 nitrogen and oxygen atoms in total. The van der Waals surface area contributed by atoms with Crippen molar-refractivity contribution >= 4 is 23.2 Å². The molecule has 0 spiro atoms. The first-order valence-electron chi connectivity index (χ1n) is 6.44. The van der Waals surface area contributed by atoms with Crippen molar-refractivity contribution in [1.82, 2.24) is 0 Å². The zero-order chi connectivity index (χ0) is 15.4. The molecule has 2 aromatic carbocycles. The molecule has 1 atom stereocenters. The SMILES string of the molecule is COc1ccc([C@H](C)O)cc1NC(=O)c1ccc(Cl)cc1. The molecule has 0 fully saturated rings. The van der Waals surface area contributed by atoms with Gasteiger partial charge >= 0.3 is 0 Å². The summed E-state index contributed by atoms with van der Waals surface area (Å²) in [7, 11) is 1.52. The molecule has 0 aliphatic carbocycles. The summed E-state index contributed by atoms with van der Waals surface area (Å²) in [4.78, 5) is 12.2. The number of amides is 1. The molecule has 2 aromatic rings. The molecule has 0 aromatic heterocycles. The van der Waals surface area contributed by atoms with Crippen molar-refractivity contribution < 1.29 is 14.6 Å². The van der Waals surface area contributed by atoms with Crippen molar-refractivity contribution in [2.45, 2.75) is 13.0 Å². The fraction of sp³-hybridized carbons (Fsp3) is 0.188. The number of hydrogen-bond acceptors (Lipinski definition) is 3. The van der Waals surface area contributed by atoms with Gasteiger partial charge in [-0.3, -0.25) is 4.79 Å². The molecule has 21 heavy (non-hydrogen) atoms. The fourth-order valence-corrected chi connectivity index (χ4v) is 2.00. The summed E-state index contributed by atoms with van der Waals surface area (Å²) in [5.74, 6) is 0.259. The molecule has 110 valence electrons. The Hall–Kier alpha value is -2.04. The quantitative estimate of drug-likeness (QED) is 0.906. The van der Waals surface area contributed by atoms with Gasteiger partial charge < -0.3 is 15.2 Å². The smallest absolute Gasteiger partial charge is 0.255 e. The predicted molar refractivity (Wildman–Crippen MR) is 83.0 cm³/mol. The number of halogens is 1. The van der Waals surface area contributed by atoms with Crippen LogP contribution in [-0.4, -0.2) is 18.1 Å². The summed E-state index contributed by atoms with van der Waals surface area (Å²) in [5, 5.41) is 13.0. The maximum atomic E-state index is 12.2. The van der Waals surface area contributed by atoms with E-state index in [0.717, 1.165) is 0 Å². The first-order valence-corrected chi connectivity index (χ1v) is 6.82. The van der Waals surface area contributed by atoms with Gasteiger partial charge in [-0.15, -0.1) is 0 Å². The molecule has 0 heterocycles. The van der Waals surface area contributed by atoms with Crippen LogP contribution in [0.1, 0.15) is 28.9 Å². The van der Waals surface area contributed by atoms with Crippen molar-refractivity contribution in [3.05, 3.63) is 58.6 Å². The number of methoxy groups -OCH3 is 1. The second-order valence-electron chi connectivity index (χ2n) is 4.60. The van der Waals surface area contributed by atoms with Crippen LogP contribution in [0.5, 0.6) is 5.75 Å². The number of hydrogen-bond donors (Lipinski definition) is 2. The van der Waals surface area contributed by atoms with Crippen LogP contribution in [0.4, 0.5) is 5.69 Å². The van der Waals surface area contributed by atoms with Crippen LogP contribution in [-0.2, 0) is 0 Å². The molecule has 0 aliphatic heterocycles. The molecule has 0 radical (unpaired) electrons. The first kappa shape index (κ1) is 15.4. The van der Waals surface area contributed by atoms with Gasteiger partial charge in [0.15, 0.2) is 0 Å². The third kappa shape index (κ3) is 3.74.